The molecule has 1 aromatic heterocycles. The van der Waals surface area contributed by atoms with Gasteiger partial charge >= 0.3 is 5.97 Å². The molecule has 5 fully saturated rings. The smallest absolute Gasteiger partial charge is 0.313 e. The molecule has 2 N–H and O–H groups in total. The van der Waals surface area contributed by atoms with E-state index < -0.39 is 21.2 Å². The lowest BCUT2D eigenvalue weighted by Crippen LogP contribution is -2.68. The Balaban J connectivity index is 1.01. The van der Waals surface area contributed by atoms with E-state index in [1.807, 2.05) is 0 Å². The summed E-state index contributed by atoms with van der Waals surface area (Å²) >= 11 is 6.30. The molecule has 1 aliphatic heterocycles. The molecule has 0 unspecified atom stereocenters. The standard InChI is InChI=1S/C48H70ClN3O5S/c1-32(2)34-14-21-48(51-25-26-52-27-29-58(55,56)30-28-52)23-22-45(6)36(40(34)48)10-11-39-44(5)17-15-35(43(3,4)38(44)16-18-46(39,45)7)33-12-19-47(20-13-33,42(53)54)31-57-41-37(49)9-8-24-50-41/h8-9,12,15,24,34,36,38-40,51H,1,10-11,13-14,16-23,25-31H2,2-7H3,(H,53,54)/t34-,36+,38-,39+,40+,44-,45+,46+,47-,48-/m0/s1. The first kappa shape index (κ1) is 42.5. The van der Waals surface area contributed by atoms with E-state index >= 15 is 0 Å². The van der Waals surface area contributed by atoms with Crippen LogP contribution < -0.4 is 10.1 Å². The Kier molecular flexibility index (Phi) is 11.0. The number of halogens is 1. The molecule has 6 aliphatic carbocycles. The van der Waals surface area contributed by atoms with Crippen LogP contribution in [0.15, 0.2) is 53.8 Å². The lowest BCUT2D eigenvalue weighted by Gasteiger charge is -2.72. The van der Waals surface area contributed by atoms with E-state index in [0.29, 0.717) is 60.5 Å². The second kappa shape index (κ2) is 15.0. The molecule has 8 rings (SSSR count). The van der Waals surface area contributed by atoms with Gasteiger partial charge < -0.3 is 20.1 Å². The molecule has 0 amide bonds. The summed E-state index contributed by atoms with van der Waals surface area (Å²) in [5.41, 5.74) is 3.94. The molecule has 7 aliphatic rings. The Morgan fingerprint density at radius 3 is 2.41 bits per heavy atom. The molecular formula is C48H70ClN3O5S. The first-order chi connectivity index (χ1) is 27.3. The summed E-state index contributed by atoms with van der Waals surface area (Å²) in [6, 6.07) is 3.46. The largest absolute Gasteiger partial charge is 0.481 e. The highest BCUT2D eigenvalue weighted by Gasteiger charge is 2.70. The number of carboxylic acid groups (broad SMARTS) is 1. The minimum Gasteiger partial charge on any atom is -0.481 e. The summed E-state index contributed by atoms with van der Waals surface area (Å²) in [5, 5.41) is 15.1. The van der Waals surface area contributed by atoms with Crippen LogP contribution in [0, 0.1) is 56.7 Å². The number of sulfone groups is 1. The molecule has 320 valence electrons. The SMILES string of the molecule is C=C(C)[C@@H]1CC[C@]2(NCCN3CCS(=O)(=O)CC3)CC[C@]3(C)[C@H](CC[C@@H]4[C@@]5(C)CC=C(C6=CC[C@](COc7ncccc7Cl)(C(=O)O)CC6)C(C)(C)[C@@H]5CC[C@]43C)[C@@H]12. The van der Waals surface area contributed by atoms with Gasteiger partial charge in [-0.05, 0) is 159 Å². The Morgan fingerprint density at radius 2 is 1.74 bits per heavy atom. The highest BCUT2D eigenvalue weighted by atomic mass is 35.5. The van der Waals surface area contributed by atoms with Crippen molar-refractivity contribution < 1.29 is 23.1 Å². The van der Waals surface area contributed by atoms with Crippen LogP contribution in [0.1, 0.15) is 119 Å². The first-order valence-electron chi connectivity index (χ1n) is 22.5. The van der Waals surface area contributed by atoms with Crippen LogP contribution in [0.4, 0.5) is 0 Å². The maximum Gasteiger partial charge on any atom is 0.313 e. The number of nitrogens with zero attached hydrogens (tertiary/aromatic N) is 2. The molecule has 2 heterocycles. The second-order valence-electron chi connectivity index (χ2n) is 21.4. The van der Waals surface area contributed by atoms with E-state index in [1.165, 1.54) is 68.1 Å². The zero-order valence-electron chi connectivity index (χ0n) is 36.2. The maximum atomic E-state index is 12.8. The molecule has 58 heavy (non-hydrogen) atoms. The van der Waals surface area contributed by atoms with Gasteiger partial charge in [0, 0.05) is 37.9 Å². The summed E-state index contributed by atoms with van der Waals surface area (Å²) < 4.78 is 30.1. The molecule has 10 atom stereocenters. The summed E-state index contributed by atoms with van der Waals surface area (Å²) in [6.45, 7) is 23.1. The summed E-state index contributed by atoms with van der Waals surface area (Å²) in [7, 11) is -2.88. The molecular weight excluding hydrogens is 766 g/mol. The van der Waals surface area contributed by atoms with E-state index in [-0.39, 0.29) is 51.2 Å². The number of hydrogen-bond donors (Lipinski definition) is 2. The number of pyridine rings is 1. The Bertz CT molecular complexity index is 1970. The van der Waals surface area contributed by atoms with Gasteiger partial charge in [-0.3, -0.25) is 4.79 Å². The van der Waals surface area contributed by atoms with Gasteiger partial charge in [-0.25, -0.2) is 13.4 Å². The van der Waals surface area contributed by atoms with E-state index in [2.05, 4.69) is 75.5 Å². The van der Waals surface area contributed by atoms with E-state index in [9.17, 15) is 18.3 Å². The van der Waals surface area contributed by atoms with Gasteiger partial charge in [0.25, 0.3) is 0 Å². The van der Waals surface area contributed by atoms with Gasteiger partial charge in [0.1, 0.15) is 17.0 Å². The van der Waals surface area contributed by atoms with Crippen LogP contribution in [0.2, 0.25) is 5.02 Å². The molecule has 10 heteroatoms. The van der Waals surface area contributed by atoms with Crippen molar-refractivity contribution >= 4 is 27.4 Å². The molecule has 4 saturated carbocycles. The molecule has 0 radical (unpaired) electrons. The minimum atomic E-state index is -2.88. The third kappa shape index (κ3) is 6.77. The molecule has 0 bridgehead atoms. The van der Waals surface area contributed by atoms with Gasteiger partial charge in [0.2, 0.25) is 5.88 Å². The van der Waals surface area contributed by atoms with Crippen LogP contribution in [0.25, 0.3) is 0 Å². The topological polar surface area (TPSA) is 109 Å². The maximum absolute atomic E-state index is 12.8. The summed E-state index contributed by atoms with van der Waals surface area (Å²) in [6.07, 6.45) is 19.2. The molecule has 1 aromatic rings. The number of ether oxygens (including phenoxy) is 1. The fourth-order valence-electron chi connectivity index (χ4n) is 15.3. The van der Waals surface area contributed by atoms with Crippen LogP contribution in [-0.2, 0) is 14.6 Å². The molecule has 1 saturated heterocycles. The highest BCUT2D eigenvalue weighted by molar-refractivity contribution is 7.91. The zero-order chi connectivity index (χ0) is 41.5. The normalized spacial score (nSPS) is 41.8. The number of nitrogens with one attached hydrogen (secondary N) is 1. The Morgan fingerprint density at radius 1 is 0.983 bits per heavy atom. The number of rotatable bonds is 10. The number of aromatic nitrogens is 1. The number of aliphatic carboxylic acids is 1. The zero-order valence-corrected chi connectivity index (χ0v) is 37.7. The number of fused-ring (bicyclic) bond motifs is 7. The minimum absolute atomic E-state index is 0.0141. The molecule has 0 aromatic carbocycles. The summed E-state index contributed by atoms with van der Waals surface area (Å²) in [4.78, 5) is 19.3. The fourth-order valence-corrected chi connectivity index (χ4v) is 16.7. The van der Waals surface area contributed by atoms with Crippen LogP contribution in [-0.4, -0.2) is 79.2 Å². The van der Waals surface area contributed by atoms with E-state index in [1.54, 1.807) is 18.3 Å². The highest BCUT2D eigenvalue weighted by Crippen LogP contribution is 2.76. The monoisotopic (exact) mass is 835 g/mol. The van der Waals surface area contributed by atoms with Crippen molar-refractivity contribution in [2.75, 3.05) is 44.3 Å². The number of allylic oxidation sites excluding steroid dienone is 5. The van der Waals surface area contributed by atoms with Crippen molar-refractivity contribution in [1.82, 2.24) is 15.2 Å². The van der Waals surface area contributed by atoms with Crippen LogP contribution >= 0.6 is 11.6 Å². The lowest BCUT2D eigenvalue weighted by molar-refractivity contribution is -0.221. The predicted molar refractivity (Wildman–Crippen MR) is 233 cm³/mol. The number of hydrogen-bond acceptors (Lipinski definition) is 7. The Hall–Kier alpha value is -2.20. The van der Waals surface area contributed by atoms with Gasteiger partial charge in [-0.2, -0.15) is 0 Å². The first-order valence-corrected chi connectivity index (χ1v) is 24.7. The average molecular weight is 837 g/mol. The number of carbonyl (C=O) groups is 1. The molecule has 0 spiro atoms. The van der Waals surface area contributed by atoms with Crippen molar-refractivity contribution in [3.63, 3.8) is 0 Å². The van der Waals surface area contributed by atoms with Crippen LogP contribution in [0.3, 0.4) is 0 Å². The van der Waals surface area contributed by atoms with Crippen molar-refractivity contribution in [2.45, 2.75) is 124 Å². The lowest BCUT2D eigenvalue weighted by atomic mass is 9.33. The number of carboxylic acids is 1. The van der Waals surface area contributed by atoms with Crippen molar-refractivity contribution in [1.29, 1.82) is 0 Å². The van der Waals surface area contributed by atoms with E-state index in [4.69, 9.17) is 16.3 Å². The van der Waals surface area contributed by atoms with Crippen molar-refractivity contribution in [3.8, 4) is 5.88 Å². The second-order valence-corrected chi connectivity index (χ2v) is 24.1. The van der Waals surface area contributed by atoms with E-state index in [0.717, 1.165) is 25.9 Å². The van der Waals surface area contributed by atoms with Crippen molar-refractivity contribution in [2.24, 2.45) is 56.7 Å². The quantitative estimate of drug-likeness (QED) is 0.225. The third-order valence-electron chi connectivity index (χ3n) is 18.6. The molecule has 8 nitrogen and oxygen atoms in total. The summed E-state index contributed by atoms with van der Waals surface area (Å²) in [5.74, 6) is 3.04. The van der Waals surface area contributed by atoms with Gasteiger partial charge in [-0.1, -0.05) is 70.5 Å². The van der Waals surface area contributed by atoms with Gasteiger partial charge in [-0.15, -0.1) is 0 Å². The van der Waals surface area contributed by atoms with Gasteiger partial charge in [0.05, 0.1) is 11.5 Å². The predicted octanol–water partition coefficient (Wildman–Crippen LogP) is 9.56. The average Bonchev–Trinajstić information content (AvgIpc) is 3.56. The van der Waals surface area contributed by atoms with Crippen molar-refractivity contribution in [3.05, 3.63) is 58.8 Å². The van der Waals surface area contributed by atoms with Crippen LogP contribution in [0.5, 0.6) is 5.88 Å². The Labute approximate surface area is 354 Å². The third-order valence-corrected chi connectivity index (χ3v) is 20.5. The van der Waals surface area contributed by atoms with Gasteiger partial charge in [0.15, 0.2) is 9.84 Å². The fraction of sp³-hybridized carbons (Fsp3) is 0.750.